The van der Waals surface area contributed by atoms with Gasteiger partial charge in [0.25, 0.3) is 5.91 Å². The standard InChI is InChI=1S/C5H8N6OS/c6-2(3(12)10-5(7)8)4-11-9-1-13-4/h1-2H,6H2,(H4,7,8,10,12). The molecule has 1 atom stereocenters. The van der Waals surface area contributed by atoms with E-state index in [-0.39, 0.29) is 5.96 Å². The summed E-state index contributed by atoms with van der Waals surface area (Å²) < 4.78 is 0. The summed E-state index contributed by atoms with van der Waals surface area (Å²) in [6.07, 6.45) is 0. The second-order valence-electron chi connectivity index (χ2n) is 2.13. The van der Waals surface area contributed by atoms with E-state index in [4.69, 9.17) is 17.2 Å². The topological polar surface area (TPSA) is 133 Å². The number of carbonyl (C=O) groups excluding carboxylic acids is 1. The minimum atomic E-state index is -0.936. The Morgan fingerprint density at radius 1 is 1.62 bits per heavy atom. The van der Waals surface area contributed by atoms with Crippen LogP contribution in [-0.2, 0) is 4.79 Å². The van der Waals surface area contributed by atoms with Gasteiger partial charge in [0, 0.05) is 0 Å². The van der Waals surface area contributed by atoms with Gasteiger partial charge < -0.3 is 17.2 Å². The largest absolute Gasteiger partial charge is 0.370 e. The van der Waals surface area contributed by atoms with Crippen molar-refractivity contribution < 1.29 is 4.79 Å². The van der Waals surface area contributed by atoms with Gasteiger partial charge in [-0.2, -0.15) is 4.99 Å². The molecule has 70 valence electrons. The average Bonchev–Trinajstić information content (AvgIpc) is 2.53. The van der Waals surface area contributed by atoms with Crippen molar-refractivity contribution in [3.63, 3.8) is 0 Å². The molecule has 8 heteroatoms. The van der Waals surface area contributed by atoms with Crippen LogP contribution in [0.1, 0.15) is 11.0 Å². The van der Waals surface area contributed by atoms with E-state index in [9.17, 15) is 4.79 Å². The Morgan fingerprint density at radius 3 is 2.77 bits per heavy atom. The van der Waals surface area contributed by atoms with E-state index in [0.717, 1.165) is 0 Å². The predicted molar refractivity (Wildman–Crippen MR) is 47.7 cm³/mol. The third-order valence-corrected chi connectivity index (χ3v) is 1.93. The first-order chi connectivity index (χ1) is 6.11. The second kappa shape index (κ2) is 3.92. The smallest absolute Gasteiger partial charge is 0.272 e. The fourth-order valence-corrected chi connectivity index (χ4v) is 1.16. The number of nitrogens with two attached hydrogens (primary N) is 3. The molecular formula is C5H8N6OS. The van der Waals surface area contributed by atoms with Crippen LogP contribution in [0.5, 0.6) is 0 Å². The zero-order valence-electron chi connectivity index (χ0n) is 6.54. The van der Waals surface area contributed by atoms with Gasteiger partial charge >= 0.3 is 0 Å². The van der Waals surface area contributed by atoms with Gasteiger partial charge in [-0.1, -0.05) is 0 Å². The van der Waals surface area contributed by atoms with E-state index >= 15 is 0 Å². The Morgan fingerprint density at radius 2 is 2.31 bits per heavy atom. The fourth-order valence-electron chi connectivity index (χ4n) is 0.620. The Labute approximate surface area is 77.7 Å². The lowest BCUT2D eigenvalue weighted by molar-refractivity contribution is -0.119. The maximum Gasteiger partial charge on any atom is 0.272 e. The highest BCUT2D eigenvalue weighted by Crippen LogP contribution is 2.12. The van der Waals surface area contributed by atoms with Gasteiger partial charge in [-0.3, -0.25) is 4.79 Å². The molecule has 0 aliphatic carbocycles. The molecule has 1 amide bonds. The summed E-state index contributed by atoms with van der Waals surface area (Å²) in [6, 6.07) is -0.936. The van der Waals surface area contributed by atoms with Crippen LogP contribution in [0.15, 0.2) is 10.5 Å². The van der Waals surface area contributed by atoms with Crippen LogP contribution in [0.4, 0.5) is 0 Å². The number of carbonyl (C=O) groups is 1. The summed E-state index contributed by atoms with van der Waals surface area (Å²) in [7, 11) is 0. The number of aliphatic imine (C=N–C) groups is 1. The third kappa shape index (κ3) is 2.46. The lowest BCUT2D eigenvalue weighted by atomic mass is 10.3. The molecule has 7 nitrogen and oxygen atoms in total. The Bertz CT molecular complexity index is 316. The summed E-state index contributed by atoms with van der Waals surface area (Å²) in [5, 5.41) is 7.53. The molecular weight excluding hydrogens is 192 g/mol. The lowest BCUT2D eigenvalue weighted by Crippen LogP contribution is -2.28. The average molecular weight is 200 g/mol. The van der Waals surface area contributed by atoms with E-state index in [1.54, 1.807) is 0 Å². The summed E-state index contributed by atoms with van der Waals surface area (Å²) in [5.41, 5.74) is 16.9. The number of nitrogens with zero attached hydrogens (tertiary/aromatic N) is 3. The van der Waals surface area contributed by atoms with Gasteiger partial charge in [0.05, 0.1) is 0 Å². The van der Waals surface area contributed by atoms with Crippen LogP contribution in [0.3, 0.4) is 0 Å². The Kier molecular flexibility index (Phi) is 2.88. The fraction of sp³-hybridized carbons (Fsp3) is 0.200. The van der Waals surface area contributed by atoms with Crippen molar-refractivity contribution in [1.82, 2.24) is 10.2 Å². The third-order valence-electron chi connectivity index (χ3n) is 1.15. The van der Waals surface area contributed by atoms with Crippen molar-refractivity contribution in [1.29, 1.82) is 0 Å². The normalized spacial score (nSPS) is 12.1. The number of hydrogen-bond acceptors (Lipinski definition) is 5. The van der Waals surface area contributed by atoms with E-state index < -0.39 is 11.9 Å². The van der Waals surface area contributed by atoms with E-state index in [2.05, 4.69) is 15.2 Å². The van der Waals surface area contributed by atoms with Crippen LogP contribution >= 0.6 is 11.3 Å². The van der Waals surface area contributed by atoms with Crippen molar-refractivity contribution >= 4 is 23.2 Å². The zero-order chi connectivity index (χ0) is 9.84. The van der Waals surface area contributed by atoms with Crippen LogP contribution < -0.4 is 17.2 Å². The first-order valence-electron chi connectivity index (χ1n) is 3.26. The van der Waals surface area contributed by atoms with Crippen molar-refractivity contribution in [2.75, 3.05) is 0 Å². The molecule has 0 spiro atoms. The molecule has 1 aromatic rings. The minimum Gasteiger partial charge on any atom is -0.370 e. The summed E-state index contributed by atoms with van der Waals surface area (Å²) in [5.74, 6) is -0.943. The second-order valence-corrected chi connectivity index (χ2v) is 2.99. The molecule has 0 fully saturated rings. The molecule has 0 aliphatic heterocycles. The van der Waals surface area contributed by atoms with Gasteiger partial charge in [0.1, 0.15) is 16.6 Å². The molecule has 1 aromatic heterocycles. The van der Waals surface area contributed by atoms with Crippen LogP contribution in [0.25, 0.3) is 0 Å². The van der Waals surface area contributed by atoms with Crippen LogP contribution in [0.2, 0.25) is 0 Å². The summed E-state index contributed by atoms with van der Waals surface area (Å²) >= 11 is 1.17. The molecule has 13 heavy (non-hydrogen) atoms. The molecule has 0 saturated carbocycles. The first kappa shape index (κ1) is 9.55. The van der Waals surface area contributed by atoms with Gasteiger partial charge in [0.2, 0.25) is 0 Å². The number of amides is 1. The Balaban J connectivity index is 2.74. The van der Waals surface area contributed by atoms with Gasteiger partial charge in [-0.05, 0) is 0 Å². The molecule has 0 aromatic carbocycles. The highest BCUT2D eigenvalue weighted by atomic mass is 32.1. The Hall–Kier alpha value is -1.54. The minimum absolute atomic E-state index is 0.315. The maximum atomic E-state index is 11.1. The van der Waals surface area contributed by atoms with Crippen molar-refractivity contribution in [2.45, 2.75) is 6.04 Å². The monoisotopic (exact) mass is 200 g/mol. The SMILES string of the molecule is NC(N)=NC(=O)C(N)c1nncs1. The lowest BCUT2D eigenvalue weighted by Gasteiger charge is -2.01. The summed E-state index contributed by atoms with van der Waals surface area (Å²) in [4.78, 5) is 14.4. The number of hydrogen-bond donors (Lipinski definition) is 3. The highest BCUT2D eigenvalue weighted by Gasteiger charge is 2.18. The van der Waals surface area contributed by atoms with Gasteiger partial charge in [0.15, 0.2) is 5.96 Å². The van der Waals surface area contributed by atoms with Gasteiger partial charge in [-0.25, -0.2) is 0 Å². The molecule has 0 saturated heterocycles. The first-order valence-corrected chi connectivity index (χ1v) is 4.14. The van der Waals surface area contributed by atoms with Crippen LogP contribution in [0, 0.1) is 0 Å². The van der Waals surface area contributed by atoms with E-state index in [1.807, 2.05) is 0 Å². The molecule has 0 bridgehead atoms. The quantitative estimate of drug-likeness (QED) is 0.386. The summed E-state index contributed by atoms with van der Waals surface area (Å²) in [6.45, 7) is 0. The number of guanidine groups is 1. The maximum absolute atomic E-state index is 11.1. The highest BCUT2D eigenvalue weighted by molar-refractivity contribution is 7.09. The van der Waals surface area contributed by atoms with E-state index in [0.29, 0.717) is 5.01 Å². The predicted octanol–water partition coefficient (Wildman–Crippen LogP) is -1.66. The molecule has 1 unspecified atom stereocenters. The van der Waals surface area contributed by atoms with Crippen molar-refractivity contribution in [3.05, 3.63) is 10.5 Å². The molecule has 0 radical (unpaired) electrons. The van der Waals surface area contributed by atoms with Gasteiger partial charge in [-0.15, -0.1) is 21.5 Å². The molecule has 1 heterocycles. The number of rotatable bonds is 2. The van der Waals surface area contributed by atoms with E-state index in [1.165, 1.54) is 16.8 Å². The zero-order valence-corrected chi connectivity index (χ0v) is 7.36. The van der Waals surface area contributed by atoms with Crippen molar-refractivity contribution in [3.8, 4) is 0 Å². The van der Waals surface area contributed by atoms with Crippen LogP contribution in [-0.4, -0.2) is 22.1 Å². The number of aromatic nitrogens is 2. The van der Waals surface area contributed by atoms with Crippen molar-refractivity contribution in [2.24, 2.45) is 22.2 Å². The molecule has 0 aliphatic rings. The molecule has 6 N–H and O–H groups in total. The molecule has 1 rings (SSSR count).